The molecule has 21 heavy (non-hydrogen) atoms. The van der Waals surface area contributed by atoms with Gasteiger partial charge in [-0.05, 0) is 18.3 Å². The predicted molar refractivity (Wildman–Crippen MR) is 73.3 cm³/mol. The van der Waals surface area contributed by atoms with Gasteiger partial charge < -0.3 is 14.3 Å². The molecule has 0 N–H and O–H groups in total. The van der Waals surface area contributed by atoms with Gasteiger partial charge in [0.1, 0.15) is 0 Å². The monoisotopic (exact) mass is 292 g/mol. The van der Waals surface area contributed by atoms with E-state index < -0.39 is 0 Å². The molecule has 2 heterocycles. The van der Waals surface area contributed by atoms with Crippen LogP contribution in [0.3, 0.4) is 0 Å². The highest BCUT2D eigenvalue weighted by Crippen LogP contribution is 2.45. The van der Waals surface area contributed by atoms with E-state index in [9.17, 15) is 9.59 Å². The molecular weight excluding hydrogens is 272 g/mol. The number of amides is 2. The van der Waals surface area contributed by atoms with E-state index in [2.05, 4.69) is 10.1 Å². The van der Waals surface area contributed by atoms with Crippen LogP contribution in [0.2, 0.25) is 0 Å². The first-order valence-corrected chi connectivity index (χ1v) is 7.31. The van der Waals surface area contributed by atoms with E-state index >= 15 is 0 Å². The third-order valence-corrected chi connectivity index (χ3v) is 4.46. The van der Waals surface area contributed by atoms with Crippen LogP contribution in [-0.2, 0) is 11.3 Å². The van der Waals surface area contributed by atoms with Crippen molar-refractivity contribution in [3.05, 3.63) is 11.7 Å². The van der Waals surface area contributed by atoms with Crippen molar-refractivity contribution in [1.82, 2.24) is 19.9 Å². The SMILES string of the molecule is CN(C)C(=O)c1nc(CN2CC3(CCCC3)CC2=O)no1. The summed E-state index contributed by atoms with van der Waals surface area (Å²) >= 11 is 0. The number of aromatic nitrogens is 2. The first-order valence-electron chi connectivity index (χ1n) is 7.31. The Hall–Kier alpha value is -1.92. The van der Waals surface area contributed by atoms with Gasteiger partial charge in [-0.3, -0.25) is 9.59 Å². The Labute approximate surface area is 123 Å². The molecule has 1 aromatic rings. The fourth-order valence-electron chi connectivity index (χ4n) is 3.35. The van der Waals surface area contributed by atoms with Crippen LogP contribution < -0.4 is 0 Å². The van der Waals surface area contributed by atoms with Gasteiger partial charge in [0.25, 0.3) is 0 Å². The molecule has 0 bridgehead atoms. The van der Waals surface area contributed by atoms with Crippen molar-refractivity contribution in [2.45, 2.75) is 38.6 Å². The highest BCUT2D eigenvalue weighted by atomic mass is 16.5. The summed E-state index contributed by atoms with van der Waals surface area (Å²) in [6, 6.07) is 0. The molecule has 114 valence electrons. The van der Waals surface area contributed by atoms with Crippen LogP contribution in [0.15, 0.2) is 4.52 Å². The summed E-state index contributed by atoms with van der Waals surface area (Å²) in [5, 5.41) is 3.81. The molecule has 2 fully saturated rings. The summed E-state index contributed by atoms with van der Waals surface area (Å²) in [6.07, 6.45) is 5.32. The fraction of sp³-hybridized carbons (Fsp3) is 0.714. The Morgan fingerprint density at radius 3 is 2.76 bits per heavy atom. The van der Waals surface area contributed by atoms with E-state index in [0.29, 0.717) is 18.8 Å². The van der Waals surface area contributed by atoms with Crippen LogP contribution in [-0.4, -0.2) is 52.4 Å². The summed E-state index contributed by atoms with van der Waals surface area (Å²) in [4.78, 5) is 31.1. The normalized spacial score (nSPS) is 20.5. The number of nitrogens with zero attached hydrogens (tertiary/aromatic N) is 4. The first-order chi connectivity index (χ1) is 9.99. The summed E-state index contributed by atoms with van der Waals surface area (Å²) in [6.45, 7) is 1.10. The predicted octanol–water partition coefficient (Wildman–Crippen LogP) is 1.06. The quantitative estimate of drug-likeness (QED) is 0.832. The van der Waals surface area contributed by atoms with E-state index in [1.165, 1.54) is 17.7 Å². The van der Waals surface area contributed by atoms with Crippen molar-refractivity contribution >= 4 is 11.8 Å². The minimum atomic E-state index is -0.325. The molecule has 1 aliphatic carbocycles. The Morgan fingerprint density at radius 1 is 1.38 bits per heavy atom. The molecule has 1 saturated heterocycles. The number of hydrogen-bond donors (Lipinski definition) is 0. The van der Waals surface area contributed by atoms with Gasteiger partial charge >= 0.3 is 11.8 Å². The van der Waals surface area contributed by atoms with Gasteiger partial charge in [-0.15, -0.1) is 0 Å². The molecule has 7 heteroatoms. The van der Waals surface area contributed by atoms with Crippen molar-refractivity contribution in [2.75, 3.05) is 20.6 Å². The molecule has 1 saturated carbocycles. The second-order valence-electron chi connectivity index (χ2n) is 6.35. The summed E-state index contributed by atoms with van der Waals surface area (Å²) in [7, 11) is 3.25. The third-order valence-electron chi connectivity index (χ3n) is 4.46. The van der Waals surface area contributed by atoms with E-state index in [4.69, 9.17) is 4.52 Å². The van der Waals surface area contributed by atoms with E-state index in [1.54, 1.807) is 19.0 Å². The molecule has 2 amide bonds. The Morgan fingerprint density at radius 2 is 2.10 bits per heavy atom. The van der Waals surface area contributed by atoms with Gasteiger partial charge in [0.2, 0.25) is 5.91 Å². The average Bonchev–Trinajstić information content (AvgIpc) is 3.13. The lowest BCUT2D eigenvalue weighted by atomic mass is 9.85. The summed E-state index contributed by atoms with van der Waals surface area (Å²) in [5.41, 5.74) is 0.170. The van der Waals surface area contributed by atoms with Crippen LogP contribution in [0.1, 0.15) is 48.6 Å². The van der Waals surface area contributed by atoms with Crippen molar-refractivity contribution in [3.63, 3.8) is 0 Å². The maximum Gasteiger partial charge on any atom is 0.316 e. The number of carbonyl (C=O) groups is 2. The van der Waals surface area contributed by atoms with Crippen molar-refractivity contribution in [1.29, 1.82) is 0 Å². The zero-order chi connectivity index (χ0) is 15.0. The average molecular weight is 292 g/mol. The lowest BCUT2D eigenvalue weighted by Crippen LogP contribution is -2.27. The third kappa shape index (κ3) is 2.64. The van der Waals surface area contributed by atoms with Crippen LogP contribution in [0.5, 0.6) is 0 Å². The minimum Gasteiger partial charge on any atom is -0.341 e. The van der Waals surface area contributed by atoms with Crippen LogP contribution in [0, 0.1) is 5.41 Å². The van der Waals surface area contributed by atoms with Crippen molar-refractivity contribution < 1.29 is 14.1 Å². The molecule has 1 aliphatic heterocycles. The maximum atomic E-state index is 12.2. The molecule has 0 aromatic carbocycles. The zero-order valence-corrected chi connectivity index (χ0v) is 12.5. The lowest BCUT2D eigenvalue weighted by molar-refractivity contribution is -0.128. The highest BCUT2D eigenvalue weighted by Gasteiger charge is 2.44. The smallest absolute Gasteiger partial charge is 0.316 e. The molecule has 0 atom stereocenters. The van der Waals surface area contributed by atoms with Gasteiger partial charge in [0, 0.05) is 27.1 Å². The number of carbonyl (C=O) groups excluding carboxylic acids is 2. The zero-order valence-electron chi connectivity index (χ0n) is 12.5. The van der Waals surface area contributed by atoms with Crippen LogP contribution in [0.4, 0.5) is 0 Å². The van der Waals surface area contributed by atoms with Gasteiger partial charge in [-0.1, -0.05) is 18.0 Å². The highest BCUT2D eigenvalue weighted by molar-refractivity contribution is 5.89. The second kappa shape index (κ2) is 5.13. The van der Waals surface area contributed by atoms with Crippen LogP contribution in [0.25, 0.3) is 0 Å². The number of rotatable bonds is 3. The van der Waals surface area contributed by atoms with Gasteiger partial charge in [-0.2, -0.15) is 4.98 Å². The molecule has 0 radical (unpaired) electrons. The maximum absolute atomic E-state index is 12.2. The Bertz CT molecular complexity index is 560. The molecule has 1 spiro atoms. The molecular formula is C14H20N4O3. The molecule has 1 aromatic heterocycles. The standard InChI is InChI=1S/C14H20N4O3/c1-17(2)13(20)12-15-10(16-21-12)8-18-9-14(7-11(18)19)5-3-4-6-14/h3-9H2,1-2H3. The summed E-state index contributed by atoms with van der Waals surface area (Å²) in [5.74, 6) is 0.191. The topological polar surface area (TPSA) is 79.5 Å². The van der Waals surface area contributed by atoms with Crippen LogP contribution >= 0.6 is 0 Å². The molecule has 7 nitrogen and oxygen atoms in total. The lowest BCUT2D eigenvalue weighted by Gasteiger charge is -2.22. The Kier molecular flexibility index (Phi) is 3.43. The summed E-state index contributed by atoms with van der Waals surface area (Å²) < 4.78 is 4.96. The van der Waals surface area contributed by atoms with Gasteiger partial charge in [0.15, 0.2) is 5.82 Å². The molecule has 2 aliphatic rings. The van der Waals surface area contributed by atoms with Crippen molar-refractivity contribution in [3.8, 4) is 0 Å². The second-order valence-corrected chi connectivity index (χ2v) is 6.35. The van der Waals surface area contributed by atoms with E-state index in [1.807, 2.05) is 0 Å². The number of hydrogen-bond acceptors (Lipinski definition) is 5. The van der Waals surface area contributed by atoms with E-state index in [0.717, 1.165) is 19.4 Å². The van der Waals surface area contributed by atoms with Crippen molar-refractivity contribution in [2.24, 2.45) is 5.41 Å². The minimum absolute atomic E-state index is 0.0303. The molecule has 0 unspecified atom stereocenters. The largest absolute Gasteiger partial charge is 0.341 e. The van der Waals surface area contributed by atoms with E-state index in [-0.39, 0.29) is 23.1 Å². The molecule has 3 rings (SSSR count). The first kappa shape index (κ1) is 14.0. The Balaban J connectivity index is 1.67. The van der Waals surface area contributed by atoms with Gasteiger partial charge in [0.05, 0.1) is 6.54 Å². The fourth-order valence-corrected chi connectivity index (χ4v) is 3.35. The number of likely N-dealkylation sites (tertiary alicyclic amines) is 1. The van der Waals surface area contributed by atoms with Gasteiger partial charge in [-0.25, -0.2) is 0 Å².